The fourth-order valence-electron chi connectivity index (χ4n) is 1.98. The van der Waals surface area contributed by atoms with Gasteiger partial charge < -0.3 is 15.3 Å². The molecule has 1 aromatic carbocycles. The van der Waals surface area contributed by atoms with Crippen LogP contribution >= 0.6 is 0 Å². The maximum Gasteiger partial charge on any atom is 0.0917 e. The second kappa shape index (κ2) is 4.21. The third kappa shape index (κ3) is 2.70. The molecule has 0 radical (unpaired) electrons. The van der Waals surface area contributed by atoms with Crippen LogP contribution in [0.4, 0.5) is 5.69 Å². The van der Waals surface area contributed by atoms with Crippen molar-refractivity contribution in [3.8, 4) is 0 Å². The van der Waals surface area contributed by atoms with E-state index < -0.39 is 5.60 Å². The highest BCUT2D eigenvalue weighted by atomic mass is 16.3. The third-order valence-electron chi connectivity index (χ3n) is 2.72. The molecular formula is C12H18N2O. The van der Waals surface area contributed by atoms with Crippen molar-refractivity contribution in [1.29, 1.82) is 0 Å². The molecule has 2 rings (SSSR count). The molecule has 1 atom stereocenters. The van der Waals surface area contributed by atoms with Crippen LogP contribution < -0.4 is 10.2 Å². The van der Waals surface area contributed by atoms with Crippen molar-refractivity contribution >= 4 is 5.69 Å². The molecule has 1 aliphatic heterocycles. The molecule has 0 bridgehead atoms. The number of β-amino-alcohol motifs (C(OH)–C–C–N with tert-alkyl or cyclic N) is 1. The van der Waals surface area contributed by atoms with E-state index in [0.717, 1.165) is 13.1 Å². The normalized spacial score (nSPS) is 27.5. The Labute approximate surface area is 90.7 Å². The van der Waals surface area contributed by atoms with E-state index in [-0.39, 0.29) is 0 Å². The first-order chi connectivity index (χ1) is 7.17. The van der Waals surface area contributed by atoms with Gasteiger partial charge in [-0.25, -0.2) is 0 Å². The van der Waals surface area contributed by atoms with Crippen molar-refractivity contribution in [2.75, 3.05) is 31.1 Å². The van der Waals surface area contributed by atoms with Crippen molar-refractivity contribution in [3.63, 3.8) is 0 Å². The molecular weight excluding hydrogens is 188 g/mol. The third-order valence-corrected chi connectivity index (χ3v) is 2.72. The zero-order chi connectivity index (χ0) is 10.7. The second-order valence-corrected chi connectivity index (χ2v) is 4.43. The molecule has 15 heavy (non-hydrogen) atoms. The Morgan fingerprint density at radius 1 is 1.33 bits per heavy atom. The Balaban J connectivity index is 2.15. The number of anilines is 1. The van der Waals surface area contributed by atoms with Crippen molar-refractivity contribution < 1.29 is 5.11 Å². The number of rotatable bonds is 1. The summed E-state index contributed by atoms with van der Waals surface area (Å²) in [5.41, 5.74) is 0.535. The minimum atomic E-state index is -0.646. The number of benzene rings is 1. The summed E-state index contributed by atoms with van der Waals surface area (Å²) in [6.45, 7) is 5.09. The Morgan fingerprint density at radius 2 is 2.07 bits per heavy atom. The number of nitrogens with zero attached hydrogens (tertiary/aromatic N) is 1. The van der Waals surface area contributed by atoms with Crippen LogP contribution in [0.5, 0.6) is 0 Å². The van der Waals surface area contributed by atoms with Gasteiger partial charge in [0.1, 0.15) is 0 Å². The molecule has 1 aliphatic rings. The zero-order valence-corrected chi connectivity index (χ0v) is 9.11. The van der Waals surface area contributed by atoms with Crippen LogP contribution in [0, 0.1) is 0 Å². The SMILES string of the molecule is CC1(O)CNCCN(c2ccccc2)C1. The smallest absolute Gasteiger partial charge is 0.0917 e. The first kappa shape index (κ1) is 10.5. The van der Waals surface area contributed by atoms with Gasteiger partial charge in [0.2, 0.25) is 0 Å². The molecule has 3 nitrogen and oxygen atoms in total. The first-order valence-electron chi connectivity index (χ1n) is 5.40. The van der Waals surface area contributed by atoms with Gasteiger partial charge in [0, 0.05) is 31.9 Å². The first-order valence-corrected chi connectivity index (χ1v) is 5.40. The summed E-state index contributed by atoms with van der Waals surface area (Å²) in [6, 6.07) is 10.2. The molecule has 0 spiro atoms. The highest BCUT2D eigenvalue weighted by Gasteiger charge is 2.26. The van der Waals surface area contributed by atoms with Crippen LogP contribution in [0.1, 0.15) is 6.92 Å². The second-order valence-electron chi connectivity index (χ2n) is 4.43. The summed E-state index contributed by atoms with van der Waals surface area (Å²) in [6.07, 6.45) is 0. The van der Waals surface area contributed by atoms with E-state index in [0.29, 0.717) is 13.1 Å². The Bertz CT molecular complexity index is 311. The lowest BCUT2D eigenvalue weighted by Crippen LogP contribution is -2.43. The molecule has 0 aliphatic carbocycles. The van der Waals surface area contributed by atoms with E-state index in [9.17, 15) is 5.11 Å². The van der Waals surface area contributed by atoms with Crippen LogP contribution in [-0.4, -0.2) is 36.9 Å². The molecule has 0 amide bonds. The van der Waals surface area contributed by atoms with Crippen LogP contribution in [0.2, 0.25) is 0 Å². The van der Waals surface area contributed by atoms with Gasteiger partial charge in [0.25, 0.3) is 0 Å². The van der Waals surface area contributed by atoms with Crippen LogP contribution in [0.15, 0.2) is 30.3 Å². The van der Waals surface area contributed by atoms with Gasteiger partial charge in [0.15, 0.2) is 0 Å². The van der Waals surface area contributed by atoms with Gasteiger partial charge in [0.05, 0.1) is 5.60 Å². The average Bonchev–Trinajstić information content (AvgIpc) is 2.41. The predicted octanol–water partition coefficient (Wildman–Crippen LogP) is 0.847. The Hall–Kier alpha value is -1.06. The van der Waals surface area contributed by atoms with Crippen molar-refractivity contribution in [3.05, 3.63) is 30.3 Å². The monoisotopic (exact) mass is 206 g/mol. The largest absolute Gasteiger partial charge is 0.387 e. The lowest BCUT2D eigenvalue weighted by atomic mass is 10.1. The van der Waals surface area contributed by atoms with Crippen molar-refractivity contribution in [1.82, 2.24) is 5.32 Å². The number of para-hydroxylation sites is 1. The fourth-order valence-corrected chi connectivity index (χ4v) is 1.98. The minimum absolute atomic E-state index is 0.646. The van der Waals surface area contributed by atoms with E-state index in [1.54, 1.807) is 0 Å². The standard InChI is InChI=1S/C12H18N2O/c1-12(15)9-13-7-8-14(10-12)11-5-3-2-4-6-11/h2-6,13,15H,7-10H2,1H3. The molecule has 1 saturated heterocycles. The lowest BCUT2D eigenvalue weighted by Gasteiger charge is -2.29. The number of nitrogens with one attached hydrogen (secondary N) is 1. The van der Waals surface area contributed by atoms with E-state index in [1.165, 1.54) is 5.69 Å². The van der Waals surface area contributed by atoms with Gasteiger partial charge in [-0.1, -0.05) is 18.2 Å². The molecule has 0 saturated carbocycles. The number of hydrogen-bond donors (Lipinski definition) is 2. The lowest BCUT2D eigenvalue weighted by molar-refractivity contribution is 0.0729. The molecule has 2 N–H and O–H groups in total. The van der Waals surface area contributed by atoms with Crippen LogP contribution in [0.3, 0.4) is 0 Å². The molecule has 1 aromatic rings. The highest BCUT2D eigenvalue weighted by Crippen LogP contribution is 2.17. The van der Waals surface area contributed by atoms with Gasteiger partial charge in [-0.2, -0.15) is 0 Å². The van der Waals surface area contributed by atoms with Crippen LogP contribution in [-0.2, 0) is 0 Å². The summed E-state index contributed by atoms with van der Waals surface area (Å²) >= 11 is 0. The van der Waals surface area contributed by atoms with Crippen molar-refractivity contribution in [2.24, 2.45) is 0 Å². The molecule has 82 valence electrons. The van der Waals surface area contributed by atoms with Gasteiger partial charge in [-0.3, -0.25) is 0 Å². The van der Waals surface area contributed by atoms with Gasteiger partial charge in [-0.15, -0.1) is 0 Å². The molecule has 1 heterocycles. The summed E-state index contributed by atoms with van der Waals surface area (Å²) in [7, 11) is 0. The highest BCUT2D eigenvalue weighted by molar-refractivity contribution is 5.46. The number of hydrogen-bond acceptors (Lipinski definition) is 3. The zero-order valence-electron chi connectivity index (χ0n) is 9.11. The van der Waals surface area contributed by atoms with Gasteiger partial charge in [-0.05, 0) is 19.1 Å². The van der Waals surface area contributed by atoms with E-state index in [4.69, 9.17) is 0 Å². The quantitative estimate of drug-likeness (QED) is 0.715. The summed E-state index contributed by atoms with van der Waals surface area (Å²) in [5, 5.41) is 13.3. The molecule has 1 unspecified atom stereocenters. The average molecular weight is 206 g/mol. The van der Waals surface area contributed by atoms with Crippen LogP contribution in [0.25, 0.3) is 0 Å². The van der Waals surface area contributed by atoms with E-state index in [2.05, 4.69) is 22.3 Å². The molecule has 3 heteroatoms. The van der Waals surface area contributed by atoms with E-state index in [1.807, 2.05) is 25.1 Å². The summed E-state index contributed by atoms with van der Waals surface area (Å²) in [5.74, 6) is 0. The summed E-state index contributed by atoms with van der Waals surface area (Å²) < 4.78 is 0. The Morgan fingerprint density at radius 3 is 2.80 bits per heavy atom. The Kier molecular flexibility index (Phi) is 2.93. The topological polar surface area (TPSA) is 35.5 Å². The predicted molar refractivity (Wildman–Crippen MR) is 62.1 cm³/mol. The summed E-state index contributed by atoms with van der Waals surface area (Å²) in [4.78, 5) is 2.22. The van der Waals surface area contributed by atoms with E-state index >= 15 is 0 Å². The maximum absolute atomic E-state index is 10.1. The van der Waals surface area contributed by atoms with Crippen molar-refractivity contribution in [2.45, 2.75) is 12.5 Å². The number of aliphatic hydroxyl groups is 1. The molecule has 0 aromatic heterocycles. The molecule has 1 fully saturated rings. The maximum atomic E-state index is 10.1. The van der Waals surface area contributed by atoms with Gasteiger partial charge >= 0.3 is 0 Å². The fraction of sp³-hybridized carbons (Fsp3) is 0.500. The minimum Gasteiger partial charge on any atom is -0.387 e.